The Bertz CT molecular complexity index is 730. The third kappa shape index (κ3) is 4.03. The largest absolute Gasteiger partial charge is 0.355 e. The number of rotatable bonds is 5. The van der Waals surface area contributed by atoms with Gasteiger partial charge in [-0.3, -0.25) is 9.59 Å². The van der Waals surface area contributed by atoms with E-state index in [0.717, 1.165) is 18.5 Å². The highest BCUT2D eigenvalue weighted by atomic mass is 16.2. The van der Waals surface area contributed by atoms with E-state index in [1.165, 1.54) is 6.33 Å². The zero-order valence-corrected chi connectivity index (χ0v) is 14.0. The lowest BCUT2D eigenvalue weighted by molar-refractivity contribution is -0.126. The molecule has 2 amide bonds. The van der Waals surface area contributed by atoms with E-state index >= 15 is 0 Å². The standard InChI is InChI=1S/C17H22N6O2/c18-6-7-20-16(24)14-4-2-8-22(10-14)17(25)13-3-1-5-15(9-13)23-12-19-11-21-23/h1,3,5,9,11-12,14H,2,4,6-8,10,18H2,(H,20,24). The van der Waals surface area contributed by atoms with Crippen molar-refractivity contribution >= 4 is 11.8 Å². The van der Waals surface area contributed by atoms with E-state index in [1.54, 1.807) is 28.0 Å². The lowest BCUT2D eigenvalue weighted by Crippen LogP contribution is -2.46. The molecular formula is C17H22N6O2. The second kappa shape index (κ2) is 7.89. The molecular weight excluding hydrogens is 320 g/mol. The summed E-state index contributed by atoms with van der Waals surface area (Å²) < 4.78 is 1.61. The number of carbonyl (C=O) groups excluding carboxylic acids is 2. The van der Waals surface area contributed by atoms with Gasteiger partial charge in [0.2, 0.25) is 5.91 Å². The van der Waals surface area contributed by atoms with E-state index in [2.05, 4.69) is 15.4 Å². The maximum Gasteiger partial charge on any atom is 0.253 e. The molecule has 132 valence electrons. The molecule has 1 saturated heterocycles. The number of nitrogens with zero attached hydrogens (tertiary/aromatic N) is 4. The summed E-state index contributed by atoms with van der Waals surface area (Å²) in [5, 5.41) is 6.89. The quantitative estimate of drug-likeness (QED) is 0.807. The maximum absolute atomic E-state index is 12.8. The molecule has 0 bridgehead atoms. The van der Waals surface area contributed by atoms with Crippen LogP contribution in [0.1, 0.15) is 23.2 Å². The molecule has 1 aromatic carbocycles. The Morgan fingerprint density at radius 2 is 2.24 bits per heavy atom. The number of aromatic nitrogens is 3. The fourth-order valence-electron chi connectivity index (χ4n) is 3.02. The second-order valence-electron chi connectivity index (χ2n) is 6.06. The summed E-state index contributed by atoms with van der Waals surface area (Å²) in [5.74, 6) is -0.277. The first-order chi connectivity index (χ1) is 12.2. The highest BCUT2D eigenvalue weighted by molar-refractivity contribution is 5.95. The molecule has 8 heteroatoms. The molecule has 0 spiro atoms. The van der Waals surface area contributed by atoms with Crippen LogP contribution in [0.25, 0.3) is 5.69 Å². The predicted molar refractivity (Wildman–Crippen MR) is 92.1 cm³/mol. The molecule has 3 N–H and O–H groups in total. The van der Waals surface area contributed by atoms with Crippen LogP contribution in [0.2, 0.25) is 0 Å². The van der Waals surface area contributed by atoms with Crippen molar-refractivity contribution in [3.05, 3.63) is 42.5 Å². The number of piperidine rings is 1. The second-order valence-corrected chi connectivity index (χ2v) is 6.06. The van der Waals surface area contributed by atoms with Gasteiger partial charge in [-0.05, 0) is 31.0 Å². The summed E-state index contributed by atoms with van der Waals surface area (Å²) in [4.78, 5) is 30.6. The van der Waals surface area contributed by atoms with E-state index < -0.39 is 0 Å². The van der Waals surface area contributed by atoms with Crippen LogP contribution in [0.3, 0.4) is 0 Å². The third-order valence-corrected chi connectivity index (χ3v) is 4.30. The first kappa shape index (κ1) is 17.1. The molecule has 1 aromatic heterocycles. The molecule has 8 nitrogen and oxygen atoms in total. The molecule has 25 heavy (non-hydrogen) atoms. The first-order valence-electron chi connectivity index (χ1n) is 8.41. The highest BCUT2D eigenvalue weighted by Crippen LogP contribution is 2.20. The minimum Gasteiger partial charge on any atom is -0.355 e. The Labute approximate surface area is 146 Å². The number of likely N-dealkylation sites (tertiary alicyclic amines) is 1. The van der Waals surface area contributed by atoms with Crippen molar-refractivity contribution in [3.63, 3.8) is 0 Å². The first-order valence-corrected chi connectivity index (χ1v) is 8.41. The molecule has 0 saturated carbocycles. The Balaban J connectivity index is 1.70. The van der Waals surface area contributed by atoms with Crippen molar-refractivity contribution in [1.82, 2.24) is 25.0 Å². The molecule has 1 fully saturated rings. The van der Waals surface area contributed by atoms with Crippen molar-refractivity contribution in [3.8, 4) is 5.69 Å². The van der Waals surface area contributed by atoms with Gasteiger partial charge in [0.1, 0.15) is 12.7 Å². The van der Waals surface area contributed by atoms with Gasteiger partial charge in [0.15, 0.2) is 0 Å². The van der Waals surface area contributed by atoms with E-state index in [1.807, 2.05) is 12.1 Å². The zero-order chi connectivity index (χ0) is 17.6. The van der Waals surface area contributed by atoms with Crippen molar-refractivity contribution in [2.24, 2.45) is 11.7 Å². The van der Waals surface area contributed by atoms with E-state index in [0.29, 0.717) is 31.7 Å². The van der Waals surface area contributed by atoms with Gasteiger partial charge in [0, 0.05) is 31.7 Å². The number of hydrogen-bond acceptors (Lipinski definition) is 5. The van der Waals surface area contributed by atoms with Crippen molar-refractivity contribution < 1.29 is 9.59 Å². The summed E-state index contributed by atoms with van der Waals surface area (Å²) in [6, 6.07) is 7.25. The normalized spacial score (nSPS) is 17.3. The van der Waals surface area contributed by atoms with E-state index in [4.69, 9.17) is 5.73 Å². The summed E-state index contributed by atoms with van der Waals surface area (Å²) in [6.07, 6.45) is 4.64. The van der Waals surface area contributed by atoms with Gasteiger partial charge in [-0.2, -0.15) is 5.10 Å². The van der Waals surface area contributed by atoms with Gasteiger partial charge in [0.05, 0.1) is 11.6 Å². The van der Waals surface area contributed by atoms with Gasteiger partial charge < -0.3 is 16.0 Å². The van der Waals surface area contributed by atoms with Crippen molar-refractivity contribution in [2.75, 3.05) is 26.2 Å². The fraction of sp³-hybridized carbons (Fsp3) is 0.412. The number of hydrogen-bond donors (Lipinski definition) is 2. The lowest BCUT2D eigenvalue weighted by atomic mass is 9.96. The van der Waals surface area contributed by atoms with Gasteiger partial charge >= 0.3 is 0 Å². The number of nitrogens with two attached hydrogens (primary N) is 1. The molecule has 3 rings (SSSR count). The van der Waals surface area contributed by atoms with Crippen molar-refractivity contribution in [1.29, 1.82) is 0 Å². The molecule has 1 aliphatic rings. The van der Waals surface area contributed by atoms with E-state index in [9.17, 15) is 9.59 Å². The summed E-state index contributed by atoms with van der Waals surface area (Å²) >= 11 is 0. The number of nitrogens with one attached hydrogen (secondary N) is 1. The highest BCUT2D eigenvalue weighted by Gasteiger charge is 2.28. The molecule has 0 aliphatic carbocycles. The lowest BCUT2D eigenvalue weighted by Gasteiger charge is -2.32. The molecule has 2 aromatic rings. The minimum atomic E-state index is -0.178. The van der Waals surface area contributed by atoms with Crippen LogP contribution in [-0.2, 0) is 4.79 Å². The van der Waals surface area contributed by atoms with Crippen LogP contribution in [-0.4, -0.2) is 57.7 Å². The van der Waals surface area contributed by atoms with Gasteiger partial charge in [-0.1, -0.05) is 6.07 Å². The summed E-state index contributed by atoms with van der Waals surface area (Å²) in [6.45, 7) is 1.97. The van der Waals surface area contributed by atoms with Crippen LogP contribution in [0.15, 0.2) is 36.9 Å². The van der Waals surface area contributed by atoms with Crippen LogP contribution < -0.4 is 11.1 Å². The number of benzene rings is 1. The van der Waals surface area contributed by atoms with Crippen LogP contribution >= 0.6 is 0 Å². The third-order valence-electron chi connectivity index (χ3n) is 4.30. The van der Waals surface area contributed by atoms with Gasteiger partial charge in [-0.15, -0.1) is 0 Å². The van der Waals surface area contributed by atoms with Crippen LogP contribution in [0, 0.1) is 5.92 Å². The molecule has 1 aliphatic heterocycles. The maximum atomic E-state index is 12.8. The molecule has 1 unspecified atom stereocenters. The summed E-state index contributed by atoms with van der Waals surface area (Å²) in [5.41, 5.74) is 6.78. The predicted octanol–water partition coefficient (Wildman–Crippen LogP) is 0.194. The number of amides is 2. The average Bonchev–Trinajstić information content (AvgIpc) is 3.20. The Morgan fingerprint density at radius 3 is 3.00 bits per heavy atom. The van der Waals surface area contributed by atoms with Crippen LogP contribution in [0.4, 0.5) is 0 Å². The molecule has 0 radical (unpaired) electrons. The van der Waals surface area contributed by atoms with Gasteiger partial charge in [0.25, 0.3) is 5.91 Å². The molecule has 2 heterocycles. The Hall–Kier alpha value is -2.74. The Morgan fingerprint density at radius 1 is 1.36 bits per heavy atom. The average molecular weight is 342 g/mol. The van der Waals surface area contributed by atoms with Crippen LogP contribution in [0.5, 0.6) is 0 Å². The smallest absolute Gasteiger partial charge is 0.253 e. The minimum absolute atomic E-state index is 0.0284. The number of carbonyl (C=O) groups is 2. The summed E-state index contributed by atoms with van der Waals surface area (Å²) in [7, 11) is 0. The van der Waals surface area contributed by atoms with Crippen molar-refractivity contribution in [2.45, 2.75) is 12.8 Å². The van der Waals surface area contributed by atoms with E-state index in [-0.39, 0.29) is 17.7 Å². The molecule has 1 atom stereocenters. The fourth-order valence-corrected chi connectivity index (χ4v) is 3.02. The topological polar surface area (TPSA) is 106 Å². The Kier molecular flexibility index (Phi) is 5.39. The SMILES string of the molecule is NCCNC(=O)C1CCCN(C(=O)c2cccc(-n3cncn3)c2)C1. The van der Waals surface area contributed by atoms with Gasteiger partial charge in [-0.25, -0.2) is 9.67 Å². The monoisotopic (exact) mass is 342 g/mol. The zero-order valence-electron chi connectivity index (χ0n) is 14.0.